The standard InChI is InChI=1S/C30H30ClF3N2O3S/c1-20-23(8-7-10-25(20)31)21-12-14-22(15-13-21)29-26-18-35(16-5-6-17-36(26)27(29)19-39-2)40(37,38)28-11-4-3-9-24(28)30(32,33)34/h3-15,26-27,29H,16-19H2,1-2H3/t26-,27+,29-/m0/s1. The van der Waals surface area contributed by atoms with Crippen LogP contribution in [0.4, 0.5) is 13.2 Å². The molecule has 0 radical (unpaired) electrons. The highest BCUT2D eigenvalue weighted by Crippen LogP contribution is 2.43. The minimum atomic E-state index is -4.79. The van der Waals surface area contributed by atoms with Gasteiger partial charge in [0.25, 0.3) is 0 Å². The molecule has 0 bridgehead atoms. The van der Waals surface area contributed by atoms with Crippen LogP contribution < -0.4 is 0 Å². The van der Waals surface area contributed by atoms with Gasteiger partial charge in [-0.05, 0) is 47.4 Å². The van der Waals surface area contributed by atoms with Gasteiger partial charge in [0, 0.05) is 49.8 Å². The molecule has 2 aliphatic rings. The Bertz CT molecular complexity index is 1510. The lowest BCUT2D eigenvalue weighted by Crippen LogP contribution is -2.67. The van der Waals surface area contributed by atoms with Crippen LogP contribution in [0.15, 0.2) is 83.8 Å². The molecule has 3 atom stereocenters. The maximum absolute atomic E-state index is 13.7. The molecule has 1 fully saturated rings. The van der Waals surface area contributed by atoms with E-state index in [0.717, 1.165) is 38.7 Å². The third kappa shape index (κ3) is 5.33. The Kier molecular flexibility index (Phi) is 8.14. The fraction of sp³-hybridized carbons (Fsp3) is 0.333. The number of hydrogen-bond acceptors (Lipinski definition) is 4. The quantitative estimate of drug-likeness (QED) is 0.313. The van der Waals surface area contributed by atoms with Crippen LogP contribution in [-0.4, -0.2) is 63.1 Å². The van der Waals surface area contributed by atoms with E-state index in [9.17, 15) is 21.6 Å². The van der Waals surface area contributed by atoms with Crippen molar-refractivity contribution < 1.29 is 26.3 Å². The molecule has 1 saturated heterocycles. The van der Waals surface area contributed by atoms with Gasteiger partial charge in [-0.15, -0.1) is 0 Å². The lowest BCUT2D eigenvalue weighted by Gasteiger charge is -2.56. The van der Waals surface area contributed by atoms with Gasteiger partial charge in [-0.3, -0.25) is 4.90 Å². The van der Waals surface area contributed by atoms with E-state index >= 15 is 0 Å². The second-order valence-corrected chi connectivity index (χ2v) is 12.4. The van der Waals surface area contributed by atoms with Gasteiger partial charge in [0.05, 0.1) is 17.1 Å². The summed E-state index contributed by atoms with van der Waals surface area (Å²) in [4.78, 5) is 1.44. The van der Waals surface area contributed by atoms with Gasteiger partial charge >= 0.3 is 6.18 Å². The number of halogens is 4. The van der Waals surface area contributed by atoms with Crippen LogP contribution in [0.3, 0.4) is 0 Å². The van der Waals surface area contributed by atoms with Crippen LogP contribution in [-0.2, 0) is 20.9 Å². The maximum atomic E-state index is 13.7. The van der Waals surface area contributed by atoms with Crippen molar-refractivity contribution in [3.8, 4) is 11.1 Å². The number of methoxy groups -OCH3 is 1. The average Bonchev–Trinajstić information content (AvgIpc) is 2.91. The topological polar surface area (TPSA) is 49.9 Å². The van der Waals surface area contributed by atoms with Gasteiger partial charge in [0.2, 0.25) is 10.0 Å². The maximum Gasteiger partial charge on any atom is 0.417 e. The van der Waals surface area contributed by atoms with Gasteiger partial charge in [0.15, 0.2) is 0 Å². The highest BCUT2D eigenvalue weighted by atomic mass is 35.5. The zero-order valence-electron chi connectivity index (χ0n) is 22.1. The normalized spacial score (nSPS) is 22.3. The number of hydrogen-bond donors (Lipinski definition) is 0. The summed E-state index contributed by atoms with van der Waals surface area (Å²) in [6, 6.07) is 18.0. The van der Waals surface area contributed by atoms with E-state index in [1.54, 1.807) is 13.2 Å². The Balaban J connectivity index is 1.48. The van der Waals surface area contributed by atoms with Crippen LogP contribution in [0.1, 0.15) is 22.6 Å². The third-order valence-corrected chi connectivity index (χ3v) is 10.2. The molecule has 0 aliphatic carbocycles. The third-order valence-electron chi connectivity index (χ3n) is 7.89. The molecule has 212 valence electrons. The largest absolute Gasteiger partial charge is 0.417 e. The number of rotatable bonds is 6. The Morgan fingerprint density at radius 2 is 1.68 bits per heavy atom. The molecule has 3 aromatic rings. The highest BCUT2D eigenvalue weighted by molar-refractivity contribution is 7.89. The first-order chi connectivity index (χ1) is 19.0. The van der Waals surface area contributed by atoms with Crippen LogP contribution in [0.2, 0.25) is 5.02 Å². The fourth-order valence-electron chi connectivity index (χ4n) is 5.85. The van der Waals surface area contributed by atoms with Crippen molar-refractivity contribution in [3.63, 3.8) is 0 Å². The minimum absolute atomic E-state index is 0.00644. The van der Waals surface area contributed by atoms with E-state index in [1.165, 1.54) is 12.1 Å². The molecule has 0 amide bonds. The first-order valence-corrected chi connectivity index (χ1v) is 14.8. The first-order valence-electron chi connectivity index (χ1n) is 13.0. The molecule has 3 aromatic carbocycles. The summed E-state index contributed by atoms with van der Waals surface area (Å²) in [5, 5.41) is 0.687. The lowest BCUT2D eigenvalue weighted by atomic mass is 9.74. The molecule has 2 heterocycles. The summed E-state index contributed by atoms with van der Waals surface area (Å²) in [6.45, 7) is 3.06. The molecule has 0 saturated carbocycles. The van der Waals surface area contributed by atoms with Gasteiger partial charge in [-0.1, -0.05) is 72.3 Å². The summed E-state index contributed by atoms with van der Waals surface area (Å²) < 4.78 is 75.2. The summed E-state index contributed by atoms with van der Waals surface area (Å²) in [5.74, 6) is -0.0727. The Morgan fingerprint density at radius 3 is 2.38 bits per heavy atom. The van der Waals surface area contributed by atoms with Crippen molar-refractivity contribution in [2.45, 2.75) is 36.0 Å². The molecular weight excluding hydrogens is 561 g/mol. The molecule has 40 heavy (non-hydrogen) atoms. The molecule has 5 nitrogen and oxygen atoms in total. The minimum Gasteiger partial charge on any atom is -0.383 e. The zero-order valence-corrected chi connectivity index (χ0v) is 23.7. The zero-order chi connectivity index (χ0) is 28.7. The van der Waals surface area contributed by atoms with Crippen LogP contribution >= 0.6 is 11.6 Å². The number of alkyl halides is 3. The van der Waals surface area contributed by atoms with Gasteiger partial charge in [-0.2, -0.15) is 17.5 Å². The van der Waals surface area contributed by atoms with Crippen LogP contribution in [0.5, 0.6) is 0 Å². The van der Waals surface area contributed by atoms with Crippen molar-refractivity contribution in [3.05, 3.63) is 101 Å². The number of ether oxygens (including phenoxy) is 1. The second-order valence-electron chi connectivity index (χ2n) is 10.1. The molecule has 5 rings (SSSR count). The van der Waals surface area contributed by atoms with Gasteiger partial charge in [0.1, 0.15) is 0 Å². The Hall–Kier alpha value is -2.69. The number of benzene rings is 3. The van der Waals surface area contributed by atoms with E-state index in [0.29, 0.717) is 18.2 Å². The molecule has 10 heteroatoms. The first kappa shape index (κ1) is 28.8. The molecule has 2 aliphatic heterocycles. The van der Waals surface area contributed by atoms with E-state index < -0.39 is 26.7 Å². The highest BCUT2D eigenvalue weighted by Gasteiger charge is 2.50. The van der Waals surface area contributed by atoms with E-state index in [2.05, 4.69) is 4.90 Å². The van der Waals surface area contributed by atoms with Crippen LogP contribution in [0, 0.1) is 6.92 Å². The molecule has 0 spiro atoms. The molecular formula is C30H30ClF3N2O3S. The molecule has 0 N–H and O–H groups in total. The average molecular weight is 591 g/mol. The summed E-state index contributed by atoms with van der Waals surface area (Å²) >= 11 is 6.32. The summed E-state index contributed by atoms with van der Waals surface area (Å²) in [6.07, 6.45) is -1.22. The smallest absolute Gasteiger partial charge is 0.383 e. The van der Waals surface area contributed by atoms with E-state index in [4.69, 9.17) is 16.3 Å². The lowest BCUT2D eigenvalue weighted by molar-refractivity contribution is -0.139. The fourth-order valence-corrected chi connectivity index (χ4v) is 7.65. The van der Waals surface area contributed by atoms with E-state index in [-0.39, 0.29) is 31.1 Å². The van der Waals surface area contributed by atoms with Crippen molar-refractivity contribution >= 4 is 21.6 Å². The summed E-state index contributed by atoms with van der Waals surface area (Å²) in [5.41, 5.74) is 2.88. The predicted molar refractivity (Wildman–Crippen MR) is 150 cm³/mol. The van der Waals surface area contributed by atoms with Gasteiger partial charge in [-0.25, -0.2) is 8.42 Å². The van der Waals surface area contributed by atoms with Crippen molar-refractivity contribution in [1.29, 1.82) is 0 Å². The SMILES string of the molecule is COC[C@@H]1[C@@H](c2ccc(-c3cccc(Cl)c3C)cc2)[C@@H]2CN(S(=O)(=O)c3ccccc3C(F)(F)F)CC=CCN12. The van der Waals surface area contributed by atoms with E-state index in [1.807, 2.05) is 55.5 Å². The Morgan fingerprint density at radius 1 is 0.975 bits per heavy atom. The molecule has 0 unspecified atom stereocenters. The van der Waals surface area contributed by atoms with Gasteiger partial charge < -0.3 is 4.74 Å². The van der Waals surface area contributed by atoms with Crippen molar-refractivity contribution in [2.75, 3.05) is 33.4 Å². The molecule has 0 aromatic heterocycles. The van der Waals surface area contributed by atoms with Crippen molar-refractivity contribution in [1.82, 2.24) is 9.21 Å². The number of nitrogens with zero attached hydrogens (tertiary/aromatic N) is 2. The van der Waals surface area contributed by atoms with Crippen LogP contribution in [0.25, 0.3) is 11.1 Å². The Labute approximate surface area is 237 Å². The monoisotopic (exact) mass is 590 g/mol. The predicted octanol–water partition coefficient (Wildman–Crippen LogP) is 6.38. The number of sulfonamides is 1. The second kappa shape index (κ2) is 11.3. The van der Waals surface area contributed by atoms with Crippen molar-refractivity contribution in [2.24, 2.45) is 0 Å². The number of fused-ring (bicyclic) bond motifs is 1. The summed E-state index contributed by atoms with van der Waals surface area (Å²) in [7, 11) is -2.81.